The molecule has 5 rings (SSSR count). The molecule has 3 aromatic rings. The van der Waals surface area contributed by atoms with Crippen LogP contribution in [0.2, 0.25) is 0 Å². The Labute approximate surface area is 194 Å². The number of anilines is 1. The molecule has 5 heteroatoms. The molecule has 0 N–H and O–H groups in total. The Morgan fingerprint density at radius 2 is 1.67 bits per heavy atom. The third kappa shape index (κ3) is 4.00. The number of hydrogen-bond acceptors (Lipinski definition) is 4. The third-order valence-electron chi connectivity index (χ3n) is 6.23. The number of hydrogen-bond donors (Lipinski definition) is 0. The number of benzene rings is 3. The number of rotatable bonds is 6. The maximum Gasteiger partial charge on any atom is 0.264 e. The molecule has 33 heavy (non-hydrogen) atoms. The molecule has 0 aliphatic carbocycles. The van der Waals surface area contributed by atoms with Gasteiger partial charge in [-0.05, 0) is 42.8 Å². The van der Waals surface area contributed by atoms with Crippen LogP contribution in [0.5, 0.6) is 11.5 Å². The summed E-state index contributed by atoms with van der Waals surface area (Å²) in [7, 11) is 1.64. The van der Waals surface area contributed by atoms with E-state index in [9.17, 15) is 4.79 Å². The Hall–Kier alpha value is -3.57. The number of carbonyl (C=O) groups excluding carboxylic acids is 1. The molecule has 5 nitrogen and oxygen atoms in total. The van der Waals surface area contributed by atoms with Gasteiger partial charge < -0.3 is 19.1 Å². The van der Waals surface area contributed by atoms with Crippen LogP contribution in [0, 0.1) is 0 Å². The Bertz CT molecular complexity index is 1170. The van der Waals surface area contributed by atoms with Crippen molar-refractivity contribution < 1.29 is 19.0 Å². The summed E-state index contributed by atoms with van der Waals surface area (Å²) in [6.45, 7) is 2.89. The highest BCUT2D eigenvalue weighted by Gasteiger charge is 2.54. The van der Waals surface area contributed by atoms with Gasteiger partial charge in [-0.15, -0.1) is 0 Å². The summed E-state index contributed by atoms with van der Waals surface area (Å²) in [6.07, 6.45) is 2.26. The van der Waals surface area contributed by atoms with E-state index < -0.39 is 5.60 Å². The average Bonchev–Trinajstić information content (AvgIpc) is 3.06. The SMILES string of the molecule is COc1ccc(OC[C@H]2C=C(C)C[C@@]3(O2)C(=O)N(Cc2ccccc2)c2ccccc23)cc1. The topological polar surface area (TPSA) is 48.0 Å². The molecular formula is C28H27NO4. The molecule has 0 bridgehead atoms. The first-order valence-corrected chi connectivity index (χ1v) is 11.2. The zero-order chi connectivity index (χ0) is 22.8. The van der Waals surface area contributed by atoms with Gasteiger partial charge in [0.05, 0.1) is 19.3 Å². The number of para-hydroxylation sites is 1. The predicted octanol–water partition coefficient (Wildman–Crippen LogP) is 5.25. The zero-order valence-electron chi connectivity index (χ0n) is 18.9. The van der Waals surface area contributed by atoms with Crippen molar-refractivity contribution in [2.75, 3.05) is 18.6 Å². The lowest BCUT2D eigenvalue weighted by molar-refractivity contribution is -0.153. The molecule has 1 spiro atoms. The van der Waals surface area contributed by atoms with E-state index in [1.54, 1.807) is 7.11 Å². The minimum Gasteiger partial charge on any atom is -0.497 e. The highest BCUT2D eigenvalue weighted by atomic mass is 16.6. The molecule has 0 unspecified atom stereocenters. The van der Waals surface area contributed by atoms with E-state index in [0.717, 1.165) is 33.9 Å². The maximum atomic E-state index is 13.9. The van der Waals surface area contributed by atoms with Crippen LogP contribution in [0.3, 0.4) is 0 Å². The monoisotopic (exact) mass is 441 g/mol. The summed E-state index contributed by atoms with van der Waals surface area (Å²) >= 11 is 0. The summed E-state index contributed by atoms with van der Waals surface area (Å²) in [5.41, 5.74) is 3.01. The minimum absolute atomic E-state index is 0.0190. The number of fused-ring (bicyclic) bond motifs is 2. The van der Waals surface area contributed by atoms with Crippen molar-refractivity contribution >= 4 is 11.6 Å². The van der Waals surface area contributed by atoms with Gasteiger partial charge in [0.2, 0.25) is 0 Å². The van der Waals surface area contributed by atoms with Crippen LogP contribution in [-0.2, 0) is 21.7 Å². The second kappa shape index (κ2) is 8.75. The molecule has 0 aromatic heterocycles. The van der Waals surface area contributed by atoms with E-state index in [-0.39, 0.29) is 12.0 Å². The maximum absolute atomic E-state index is 13.9. The lowest BCUT2D eigenvalue weighted by Crippen LogP contribution is -2.47. The van der Waals surface area contributed by atoms with Crippen LogP contribution >= 0.6 is 0 Å². The normalized spacial score (nSPS) is 21.6. The molecule has 0 fully saturated rings. The summed E-state index contributed by atoms with van der Waals surface area (Å²) in [4.78, 5) is 15.8. The highest BCUT2D eigenvalue weighted by molar-refractivity contribution is 6.07. The fourth-order valence-electron chi connectivity index (χ4n) is 4.74. The number of amides is 1. The molecule has 1 amide bonds. The smallest absolute Gasteiger partial charge is 0.264 e. The standard InChI is InChI=1S/C28H27NO4/c1-20-16-24(19-32-23-14-12-22(31-2)13-15-23)33-28(17-20)25-10-6-7-11-26(25)29(27(28)30)18-21-8-4-3-5-9-21/h3-16,24H,17-19H2,1-2H3/t24-,28+/m1/s1. The van der Waals surface area contributed by atoms with Gasteiger partial charge in [-0.2, -0.15) is 0 Å². The van der Waals surface area contributed by atoms with Crippen molar-refractivity contribution in [3.05, 3.63) is 102 Å². The van der Waals surface area contributed by atoms with E-state index >= 15 is 0 Å². The van der Waals surface area contributed by atoms with E-state index in [1.165, 1.54) is 0 Å². The van der Waals surface area contributed by atoms with Crippen LogP contribution in [-0.4, -0.2) is 25.7 Å². The average molecular weight is 442 g/mol. The van der Waals surface area contributed by atoms with Crippen molar-refractivity contribution in [2.45, 2.75) is 31.6 Å². The largest absolute Gasteiger partial charge is 0.497 e. The van der Waals surface area contributed by atoms with Gasteiger partial charge in [-0.3, -0.25) is 4.79 Å². The van der Waals surface area contributed by atoms with Crippen molar-refractivity contribution in [3.8, 4) is 11.5 Å². The van der Waals surface area contributed by atoms with E-state index in [1.807, 2.05) is 83.8 Å². The van der Waals surface area contributed by atoms with Gasteiger partial charge in [0, 0.05) is 12.0 Å². The second-order valence-corrected chi connectivity index (χ2v) is 8.55. The van der Waals surface area contributed by atoms with Crippen molar-refractivity contribution in [1.29, 1.82) is 0 Å². The molecule has 2 aliphatic rings. The minimum atomic E-state index is -1.03. The third-order valence-corrected chi connectivity index (χ3v) is 6.23. The van der Waals surface area contributed by atoms with Gasteiger partial charge >= 0.3 is 0 Å². The molecule has 2 heterocycles. The molecule has 3 aromatic carbocycles. The number of nitrogens with zero attached hydrogens (tertiary/aromatic N) is 1. The molecule has 2 atom stereocenters. The van der Waals surface area contributed by atoms with Gasteiger partial charge in [0.25, 0.3) is 5.91 Å². The van der Waals surface area contributed by atoms with E-state index in [0.29, 0.717) is 19.6 Å². The lowest BCUT2D eigenvalue weighted by atomic mass is 9.85. The Kier molecular flexibility index (Phi) is 5.65. The molecular weight excluding hydrogens is 414 g/mol. The molecule has 0 radical (unpaired) electrons. The summed E-state index contributed by atoms with van der Waals surface area (Å²) in [5, 5.41) is 0. The quantitative estimate of drug-likeness (QED) is 0.490. The zero-order valence-corrected chi connectivity index (χ0v) is 18.9. The van der Waals surface area contributed by atoms with E-state index in [2.05, 4.69) is 13.0 Å². The van der Waals surface area contributed by atoms with Gasteiger partial charge in [-0.25, -0.2) is 0 Å². The van der Waals surface area contributed by atoms with Crippen molar-refractivity contribution in [1.82, 2.24) is 0 Å². The molecule has 0 saturated heterocycles. The highest BCUT2D eigenvalue weighted by Crippen LogP contribution is 2.49. The van der Waals surface area contributed by atoms with Crippen LogP contribution in [0.25, 0.3) is 0 Å². The van der Waals surface area contributed by atoms with Crippen LogP contribution in [0.1, 0.15) is 24.5 Å². The molecule has 168 valence electrons. The number of ether oxygens (including phenoxy) is 3. The van der Waals surface area contributed by atoms with Crippen LogP contribution < -0.4 is 14.4 Å². The van der Waals surface area contributed by atoms with Crippen molar-refractivity contribution in [2.24, 2.45) is 0 Å². The summed E-state index contributed by atoms with van der Waals surface area (Å²) in [5.74, 6) is 1.49. The summed E-state index contributed by atoms with van der Waals surface area (Å²) < 4.78 is 17.8. The Balaban J connectivity index is 1.41. The van der Waals surface area contributed by atoms with Gasteiger partial charge in [0.1, 0.15) is 24.2 Å². The van der Waals surface area contributed by atoms with Gasteiger partial charge in [0.15, 0.2) is 5.60 Å². The van der Waals surface area contributed by atoms with E-state index in [4.69, 9.17) is 14.2 Å². The Morgan fingerprint density at radius 3 is 2.42 bits per heavy atom. The van der Waals surface area contributed by atoms with Crippen LogP contribution in [0.4, 0.5) is 5.69 Å². The molecule has 2 aliphatic heterocycles. The fraction of sp³-hybridized carbons (Fsp3) is 0.250. The molecule has 0 saturated carbocycles. The Morgan fingerprint density at radius 1 is 0.970 bits per heavy atom. The summed E-state index contributed by atoms with van der Waals surface area (Å²) in [6, 6.07) is 25.5. The van der Waals surface area contributed by atoms with Crippen LogP contribution in [0.15, 0.2) is 90.5 Å². The second-order valence-electron chi connectivity index (χ2n) is 8.55. The van der Waals surface area contributed by atoms with Gasteiger partial charge in [-0.1, -0.05) is 60.2 Å². The number of carbonyl (C=O) groups is 1. The van der Waals surface area contributed by atoms with Crippen molar-refractivity contribution in [3.63, 3.8) is 0 Å². The fourth-order valence-corrected chi connectivity index (χ4v) is 4.74. The number of methoxy groups -OCH3 is 1. The first-order chi connectivity index (χ1) is 16.1. The lowest BCUT2D eigenvalue weighted by Gasteiger charge is -2.36. The first kappa shape index (κ1) is 21.3. The predicted molar refractivity (Wildman–Crippen MR) is 127 cm³/mol. The first-order valence-electron chi connectivity index (χ1n) is 11.2.